The number of benzene rings is 4. The van der Waals surface area contributed by atoms with Crippen LogP contribution >= 0.6 is 15.9 Å². The molecule has 0 saturated carbocycles. The van der Waals surface area contributed by atoms with Crippen molar-refractivity contribution in [1.82, 2.24) is 10.2 Å². The molecule has 0 spiro atoms. The third-order valence-corrected chi connectivity index (χ3v) is 9.79. The molecule has 0 fully saturated rings. The van der Waals surface area contributed by atoms with Crippen molar-refractivity contribution in [2.75, 3.05) is 10.8 Å². The van der Waals surface area contributed by atoms with Crippen LogP contribution in [0.15, 0.2) is 119 Å². The lowest BCUT2D eigenvalue weighted by molar-refractivity contribution is -0.140. The third-order valence-electron chi connectivity index (χ3n) is 7.47. The Kier molecular flexibility index (Phi) is 11.4. The summed E-state index contributed by atoms with van der Waals surface area (Å²) in [4.78, 5) is 29.9. The number of carbonyl (C=O) groups excluding carboxylic acids is 2. The van der Waals surface area contributed by atoms with Crippen LogP contribution in [0.1, 0.15) is 37.0 Å². The Morgan fingerprint density at radius 2 is 1.41 bits per heavy atom. The van der Waals surface area contributed by atoms with Crippen LogP contribution < -0.4 is 9.62 Å². The number of nitrogens with one attached hydrogen (secondary N) is 1. The predicted octanol–water partition coefficient (Wildman–Crippen LogP) is 6.51. The van der Waals surface area contributed by atoms with Gasteiger partial charge >= 0.3 is 0 Å². The summed E-state index contributed by atoms with van der Waals surface area (Å²) in [6, 6.07) is 31.2. The monoisotopic (exact) mass is 675 g/mol. The maximum absolute atomic E-state index is 14.5. The summed E-state index contributed by atoms with van der Waals surface area (Å²) in [6.45, 7) is 5.41. The Balaban J connectivity index is 1.78. The van der Waals surface area contributed by atoms with Gasteiger partial charge < -0.3 is 10.2 Å². The van der Waals surface area contributed by atoms with E-state index in [2.05, 4.69) is 21.2 Å². The van der Waals surface area contributed by atoms with E-state index in [1.807, 2.05) is 75.4 Å². The van der Waals surface area contributed by atoms with E-state index in [4.69, 9.17) is 0 Å². The first kappa shape index (κ1) is 33.0. The fourth-order valence-electron chi connectivity index (χ4n) is 4.74. The molecule has 0 unspecified atom stereocenters. The number of nitrogens with zero attached hydrogens (tertiary/aromatic N) is 2. The molecule has 9 heteroatoms. The quantitative estimate of drug-likeness (QED) is 0.175. The summed E-state index contributed by atoms with van der Waals surface area (Å²) in [7, 11) is -4.13. The van der Waals surface area contributed by atoms with Crippen molar-refractivity contribution < 1.29 is 18.0 Å². The maximum Gasteiger partial charge on any atom is 0.264 e. The fraction of sp³-hybridized carbons (Fsp3) is 0.257. The van der Waals surface area contributed by atoms with Crippen LogP contribution in [-0.4, -0.2) is 43.8 Å². The smallest absolute Gasteiger partial charge is 0.264 e. The van der Waals surface area contributed by atoms with Crippen LogP contribution in [0.25, 0.3) is 0 Å². The predicted molar refractivity (Wildman–Crippen MR) is 179 cm³/mol. The highest BCUT2D eigenvalue weighted by Crippen LogP contribution is 2.25. The second-order valence-electron chi connectivity index (χ2n) is 10.8. The molecule has 4 rings (SSSR count). The van der Waals surface area contributed by atoms with Gasteiger partial charge in [-0.2, -0.15) is 0 Å². The van der Waals surface area contributed by atoms with Crippen molar-refractivity contribution in [3.05, 3.63) is 130 Å². The van der Waals surface area contributed by atoms with Crippen molar-refractivity contribution >= 4 is 43.5 Å². The summed E-state index contributed by atoms with van der Waals surface area (Å²) in [5.41, 5.74) is 2.97. The second-order valence-corrected chi connectivity index (χ2v) is 13.6. The molecule has 0 aliphatic carbocycles. The van der Waals surface area contributed by atoms with E-state index in [0.717, 1.165) is 31.9 Å². The molecule has 230 valence electrons. The molecule has 2 atom stereocenters. The minimum Gasteiger partial charge on any atom is -0.352 e. The number of carbonyl (C=O) groups is 2. The van der Waals surface area contributed by atoms with Gasteiger partial charge in [0.1, 0.15) is 12.6 Å². The molecule has 0 bridgehead atoms. The lowest BCUT2D eigenvalue weighted by Crippen LogP contribution is -2.54. The highest BCUT2D eigenvalue weighted by molar-refractivity contribution is 9.10. The summed E-state index contributed by atoms with van der Waals surface area (Å²) in [6.07, 6.45) is 0.989. The molecular formula is C35H38BrN3O4S. The van der Waals surface area contributed by atoms with Gasteiger partial charge in [0.15, 0.2) is 0 Å². The Bertz CT molecular complexity index is 1630. The van der Waals surface area contributed by atoms with E-state index in [1.165, 1.54) is 4.90 Å². The van der Waals surface area contributed by atoms with Crippen molar-refractivity contribution in [3.8, 4) is 0 Å². The topological polar surface area (TPSA) is 86.8 Å². The molecule has 0 saturated heterocycles. The molecule has 1 N–H and O–H groups in total. The summed E-state index contributed by atoms with van der Waals surface area (Å²) in [5.74, 6) is -0.783. The van der Waals surface area contributed by atoms with E-state index in [9.17, 15) is 18.0 Å². The Morgan fingerprint density at radius 3 is 2.00 bits per heavy atom. The van der Waals surface area contributed by atoms with Gasteiger partial charge in [0.05, 0.1) is 10.6 Å². The number of para-hydroxylation sites is 1. The van der Waals surface area contributed by atoms with Crippen LogP contribution in [0, 0.1) is 6.92 Å². The van der Waals surface area contributed by atoms with Gasteiger partial charge in [0, 0.05) is 23.5 Å². The molecule has 7 nitrogen and oxygen atoms in total. The number of aryl methyl sites for hydroxylation is 1. The van der Waals surface area contributed by atoms with Crippen molar-refractivity contribution in [1.29, 1.82) is 0 Å². The average Bonchev–Trinajstić information content (AvgIpc) is 3.03. The van der Waals surface area contributed by atoms with Gasteiger partial charge in [0.25, 0.3) is 10.0 Å². The SMILES string of the molecule is CC[C@H](C)NC(=O)[C@H](Cc1ccccc1)N(Cc1ccc(Br)cc1)C(=O)CN(c1ccccc1)S(=O)(=O)c1ccc(C)cc1. The number of anilines is 1. The summed E-state index contributed by atoms with van der Waals surface area (Å²) >= 11 is 3.46. The van der Waals surface area contributed by atoms with Crippen LogP contribution in [0.5, 0.6) is 0 Å². The molecule has 0 aliphatic heterocycles. The maximum atomic E-state index is 14.5. The number of sulfonamides is 1. The van der Waals surface area contributed by atoms with Crippen LogP contribution in [0.2, 0.25) is 0 Å². The zero-order valence-electron chi connectivity index (χ0n) is 25.2. The second kappa shape index (κ2) is 15.2. The number of amides is 2. The first-order valence-electron chi connectivity index (χ1n) is 14.6. The lowest BCUT2D eigenvalue weighted by Gasteiger charge is -2.34. The Labute approximate surface area is 269 Å². The van der Waals surface area contributed by atoms with E-state index in [0.29, 0.717) is 5.69 Å². The Morgan fingerprint density at radius 1 is 0.818 bits per heavy atom. The molecule has 0 heterocycles. The number of halogens is 1. The Hall–Kier alpha value is -3.95. The number of rotatable bonds is 13. The van der Waals surface area contributed by atoms with Crippen LogP contribution in [-0.2, 0) is 32.6 Å². The highest BCUT2D eigenvalue weighted by Gasteiger charge is 2.34. The van der Waals surface area contributed by atoms with Crippen LogP contribution in [0.4, 0.5) is 5.69 Å². The molecule has 0 aliphatic rings. The van der Waals surface area contributed by atoms with Crippen molar-refractivity contribution in [3.63, 3.8) is 0 Å². The third kappa shape index (κ3) is 8.57. The van der Waals surface area contributed by atoms with Gasteiger partial charge in [-0.15, -0.1) is 0 Å². The van der Waals surface area contributed by atoms with E-state index in [-0.39, 0.29) is 29.8 Å². The van der Waals surface area contributed by atoms with Crippen molar-refractivity contribution in [2.24, 2.45) is 0 Å². The lowest BCUT2D eigenvalue weighted by atomic mass is 10.0. The minimum absolute atomic E-state index is 0.0783. The summed E-state index contributed by atoms with van der Waals surface area (Å²) < 4.78 is 30.1. The molecule has 2 amide bonds. The first-order chi connectivity index (χ1) is 21.1. The average molecular weight is 677 g/mol. The zero-order valence-corrected chi connectivity index (χ0v) is 27.6. The van der Waals surface area contributed by atoms with Gasteiger partial charge in [-0.1, -0.05) is 101 Å². The van der Waals surface area contributed by atoms with E-state index < -0.39 is 28.5 Å². The molecule has 0 radical (unpaired) electrons. The van der Waals surface area contributed by atoms with Crippen LogP contribution in [0.3, 0.4) is 0 Å². The highest BCUT2D eigenvalue weighted by atomic mass is 79.9. The van der Waals surface area contributed by atoms with E-state index in [1.54, 1.807) is 54.6 Å². The van der Waals surface area contributed by atoms with Gasteiger partial charge in [-0.05, 0) is 67.8 Å². The molecule has 4 aromatic carbocycles. The van der Waals surface area contributed by atoms with Crippen molar-refractivity contribution in [2.45, 2.75) is 57.1 Å². The standard InChI is InChI=1S/C35H38BrN3O4S/c1-4-27(3)37-35(41)33(23-28-11-7-5-8-12-28)38(24-29-17-19-30(36)20-18-29)34(40)25-39(31-13-9-6-10-14-31)44(42,43)32-21-15-26(2)16-22-32/h5-22,27,33H,4,23-25H2,1-3H3,(H,37,41)/t27-,33-/m0/s1. The zero-order chi connectivity index (χ0) is 31.7. The van der Waals surface area contributed by atoms with Gasteiger partial charge in [-0.25, -0.2) is 8.42 Å². The molecule has 4 aromatic rings. The van der Waals surface area contributed by atoms with Gasteiger partial charge in [0.2, 0.25) is 11.8 Å². The normalized spacial score (nSPS) is 12.6. The molecular weight excluding hydrogens is 638 g/mol. The number of hydrogen-bond donors (Lipinski definition) is 1. The van der Waals surface area contributed by atoms with E-state index >= 15 is 0 Å². The fourth-order valence-corrected chi connectivity index (χ4v) is 6.42. The molecule has 0 aromatic heterocycles. The summed E-state index contributed by atoms with van der Waals surface area (Å²) in [5, 5.41) is 3.05. The first-order valence-corrected chi connectivity index (χ1v) is 16.8. The van der Waals surface area contributed by atoms with Gasteiger partial charge in [-0.3, -0.25) is 13.9 Å². The molecule has 44 heavy (non-hydrogen) atoms. The minimum atomic E-state index is -4.13. The largest absolute Gasteiger partial charge is 0.352 e. The number of hydrogen-bond acceptors (Lipinski definition) is 4.